The summed E-state index contributed by atoms with van der Waals surface area (Å²) in [6.45, 7) is 0.742. The predicted molar refractivity (Wildman–Crippen MR) is 59.1 cm³/mol. The summed E-state index contributed by atoms with van der Waals surface area (Å²) in [6.07, 6.45) is 5.07. The predicted octanol–water partition coefficient (Wildman–Crippen LogP) is 0.415. The smallest absolute Gasteiger partial charge is 0.223 e. The first-order valence-corrected chi connectivity index (χ1v) is 4.97. The molecule has 1 fully saturated rings. The van der Waals surface area contributed by atoms with Gasteiger partial charge in [-0.15, -0.1) is 0 Å². The van der Waals surface area contributed by atoms with Gasteiger partial charge in [-0.2, -0.15) is 0 Å². The zero-order chi connectivity index (χ0) is 11.3. The fourth-order valence-corrected chi connectivity index (χ4v) is 1.55. The number of amides is 1. The van der Waals surface area contributed by atoms with E-state index in [1.165, 1.54) is 12.2 Å². The van der Waals surface area contributed by atoms with E-state index in [2.05, 4.69) is 5.32 Å². The number of amidine groups is 1. The van der Waals surface area contributed by atoms with Crippen LogP contribution in [0.2, 0.25) is 0 Å². The van der Waals surface area contributed by atoms with Crippen molar-refractivity contribution >= 4 is 17.5 Å². The molecule has 1 aliphatic heterocycles. The molecule has 1 rings (SSSR count). The first-order valence-electron chi connectivity index (χ1n) is 4.97. The molecule has 0 aliphatic carbocycles. The summed E-state index contributed by atoms with van der Waals surface area (Å²) in [6, 6.07) is 0. The molecule has 5 heteroatoms. The number of carbonyl (C=O) groups excluding carboxylic acids is 1. The van der Waals surface area contributed by atoms with E-state index in [1.54, 1.807) is 0 Å². The Morgan fingerprint density at radius 3 is 2.87 bits per heavy atom. The molecule has 1 aliphatic rings. The van der Waals surface area contributed by atoms with E-state index in [9.17, 15) is 4.79 Å². The summed E-state index contributed by atoms with van der Waals surface area (Å²) >= 11 is 0. The second kappa shape index (κ2) is 5.29. The Labute approximate surface area is 88.8 Å². The van der Waals surface area contributed by atoms with Crippen LogP contribution < -0.4 is 11.1 Å². The summed E-state index contributed by atoms with van der Waals surface area (Å²) < 4.78 is 0. The van der Waals surface area contributed by atoms with Crippen LogP contribution in [0.25, 0.3) is 0 Å². The van der Waals surface area contributed by atoms with Gasteiger partial charge in [0.05, 0.1) is 0 Å². The first kappa shape index (κ1) is 11.4. The molecule has 0 aromatic carbocycles. The quantitative estimate of drug-likeness (QED) is 0.397. The molecule has 1 atom stereocenters. The van der Waals surface area contributed by atoms with E-state index in [4.69, 9.17) is 16.6 Å². The number of carbonyl (C=O) groups is 1. The van der Waals surface area contributed by atoms with Crippen LogP contribution in [0.4, 0.5) is 0 Å². The van der Waals surface area contributed by atoms with Crippen LogP contribution in [0.5, 0.6) is 0 Å². The zero-order valence-electron chi connectivity index (χ0n) is 8.55. The number of allylic oxidation sites excluding steroid dienone is 1. The second-order valence-corrected chi connectivity index (χ2v) is 3.65. The van der Waals surface area contributed by atoms with Crippen LogP contribution in [0.1, 0.15) is 19.3 Å². The molecule has 1 heterocycles. The van der Waals surface area contributed by atoms with Crippen LogP contribution in [-0.4, -0.2) is 24.0 Å². The van der Waals surface area contributed by atoms with E-state index >= 15 is 0 Å². The average Bonchev–Trinajstić information content (AvgIpc) is 2.18. The van der Waals surface area contributed by atoms with Gasteiger partial charge >= 0.3 is 0 Å². The highest BCUT2D eigenvalue weighted by molar-refractivity contribution is 6.01. The van der Waals surface area contributed by atoms with E-state index in [1.807, 2.05) is 0 Å². The SMILES string of the molecule is N=C(N)/C=C\C(=N)CC1CCCNC1=O. The van der Waals surface area contributed by atoms with Gasteiger partial charge in [-0.1, -0.05) is 0 Å². The largest absolute Gasteiger partial charge is 0.384 e. The maximum Gasteiger partial charge on any atom is 0.223 e. The number of rotatable bonds is 4. The maximum absolute atomic E-state index is 11.4. The number of nitrogens with one attached hydrogen (secondary N) is 3. The minimum atomic E-state index is -0.0946. The third-order valence-corrected chi connectivity index (χ3v) is 2.33. The molecular weight excluding hydrogens is 192 g/mol. The van der Waals surface area contributed by atoms with Gasteiger partial charge in [-0.05, 0) is 25.0 Å². The fourth-order valence-electron chi connectivity index (χ4n) is 1.55. The van der Waals surface area contributed by atoms with E-state index in [0.717, 1.165) is 19.4 Å². The molecule has 0 radical (unpaired) electrons. The molecule has 82 valence electrons. The highest BCUT2D eigenvalue weighted by Gasteiger charge is 2.22. The summed E-state index contributed by atoms with van der Waals surface area (Å²) in [5, 5.41) is 17.3. The summed E-state index contributed by atoms with van der Waals surface area (Å²) in [4.78, 5) is 11.4. The van der Waals surface area contributed by atoms with Crippen molar-refractivity contribution in [2.24, 2.45) is 11.7 Å². The van der Waals surface area contributed by atoms with Crippen molar-refractivity contribution in [2.45, 2.75) is 19.3 Å². The van der Waals surface area contributed by atoms with Crippen molar-refractivity contribution in [1.82, 2.24) is 5.32 Å². The van der Waals surface area contributed by atoms with Gasteiger partial charge in [0, 0.05) is 24.6 Å². The molecule has 0 aromatic rings. The van der Waals surface area contributed by atoms with Crippen molar-refractivity contribution in [3.8, 4) is 0 Å². The topological polar surface area (TPSA) is 103 Å². The Kier molecular flexibility index (Phi) is 4.03. The van der Waals surface area contributed by atoms with Gasteiger partial charge in [0.2, 0.25) is 5.91 Å². The summed E-state index contributed by atoms with van der Waals surface area (Å²) in [7, 11) is 0. The van der Waals surface area contributed by atoms with Crippen molar-refractivity contribution in [1.29, 1.82) is 10.8 Å². The number of hydrogen-bond acceptors (Lipinski definition) is 3. The van der Waals surface area contributed by atoms with Crippen LogP contribution >= 0.6 is 0 Å². The molecule has 15 heavy (non-hydrogen) atoms. The van der Waals surface area contributed by atoms with Crippen LogP contribution in [0.3, 0.4) is 0 Å². The molecule has 5 nitrogen and oxygen atoms in total. The Hall–Kier alpha value is -1.65. The molecule has 5 N–H and O–H groups in total. The Morgan fingerprint density at radius 2 is 2.27 bits per heavy atom. The molecule has 1 unspecified atom stereocenters. The number of nitrogens with two attached hydrogens (primary N) is 1. The highest BCUT2D eigenvalue weighted by Crippen LogP contribution is 2.15. The van der Waals surface area contributed by atoms with Crippen LogP contribution in [0.15, 0.2) is 12.2 Å². The second-order valence-electron chi connectivity index (χ2n) is 3.65. The Morgan fingerprint density at radius 1 is 1.53 bits per heavy atom. The molecule has 1 saturated heterocycles. The Balaban J connectivity index is 2.43. The van der Waals surface area contributed by atoms with Crippen molar-refractivity contribution in [2.75, 3.05) is 6.54 Å². The lowest BCUT2D eigenvalue weighted by Gasteiger charge is -2.21. The number of hydrogen-bond donors (Lipinski definition) is 4. The average molecular weight is 208 g/mol. The normalized spacial score (nSPS) is 21.3. The van der Waals surface area contributed by atoms with Gasteiger partial charge in [0.15, 0.2) is 0 Å². The summed E-state index contributed by atoms with van der Waals surface area (Å²) in [5.41, 5.74) is 5.46. The Bertz CT molecular complexity index is 309. The third kappa shape index (κ3) is 3.93. The maximum atomic E-state index is 11.4. The molecule has 0 saturated carbocycles. The van der Waals surface area contributed by atoms with Crippen molar-refractivity contribution < 1.29 is 4.79 Å². The lowest BCUT2D eigenvalue weighted by Crippen LogP contribution is -2.37. The monoisotopic (exact) mass is 208 g/mol. The van der Waals surface area contributed by atoms with Gasteiger partial charge in [-0.3, -0.25) is 10.2 Å². The standard InChI is InChI=1S/C10H16N4O/c11-8(3-4-9(12)13)6-7-2-1-5-14-10(7)15/h3-4,7,11H,1-2,5-6H2,(H3,12,13)(H,14,15)/b4-3-,11-8?. The first-order chi connectivity index (χ1) is 7.09. The molecule has 0 bridgehead atoms. The van der Waals surface area contributed by atoms with E-state index in [-0.39, 0.29) is 17.7 Å². The van der Waals surface area contributed by atoms with Gasteiger partial charge in [0.1, 0.15) is 5.84 Å². The zero-order valence-corrected chi connectivity index (χ0v) is 8.55. The third-order valence-electron chi connectivity index (χ3n) is 2.33. The highest BCUT2D eigenvalue weighted by atomic mass is 16.1. The lowest BCUT2D eigenvalue weighted by molar-refractivity contribution is -0.126. The minimum absolute atomic E-state index is 0.0298. The number of piperidine rings is 1. The molecule has 1 amide bonds. The van der Waals surface area contributed by atoms with Gasteiger partial charge < -0.3 is 16.5 Å². The van der Waals surface area contributed by atoms with Gasteiger partial charge in [0.25, 0.3) is 0 Å². The van der Waals surface area contributed by atoms with Crippen LogP contribution in [-0.2, 0) is 4.79 Å². The van der Waals surface area contributed by atoms with Crippen LogP contribution in [0, 0.1) is 16.7 Å². The van der Waals surface area contributed by atoms with Crippen molar-refractivity contribution in [3.05, 3.63) is 12.2 Å². The lowest BCUT2D eigenvalue weighted by atomic mass is 9.93. The minimum Gasteiger partial charge on any atom is -0.384 e. The van der Waals surface area contributed by atoms with Gasteiger partial charge in [-0.25, -0.2) is 0 Å². The van der Waals surface area contributed by atoms with Crippen molar-refractivity contribution in [3.63, 3.8) is 0 Å². The molecular formula is C10H16N4O. The molecule has 0 spiro atoms. The fraction of sp³-hybridized carbons (Fsp3) is 0.500. The summed E-state index contributed by atoms with van der Waals surface area (Å²) in [5.74, 6) is -0.141. The van der Waals surface area contributed by atoms with E-state index in [0.29, 0.717) is 12.1 Å². The molecule has 0 aromatic heterocycles. The van der Waals surface area contributed by atoms with E-state index < -0.39 is 0 Å².